The molecule has 0 saturated carbocycles. The molecule has 0 N–H and O–H groups in total. The third kappa shape index (κ3) is 283. The molecular weight excluding hydrogens is 945 g/mol. The summed E-state index contributed by atoms with van der Waals surface area (Å²) in [5.41, 5.74) is 0. The van der Waals surface area contributed by atoms with E-state index in [4.69, 9.17) is 0 Å². The summed E-state index contributed by atoms with van der Waals surface area (Å²) in [6, 6.07) is 0. The molecule has 0 rings (SSSR count). The largest absolute Gasteiger partial charge is 0.466 e. The van der Waals surface area contributed by atoms with Crippen LogP contribution in [0.5, 0.6) is 0 Å². The molecule has 0 aliphatic heterocycles. The maximum absolute atomic E-state index is 9.82. The molecule has 0 unspecified atom stereocenters. The normalized spacial score (nSPS) is 8.90. The Morgan fingerprint density at radius 3 is 0.244 bits per heavy atom. The van der Waals surface area contributed by atoms with Gasteiger partial charge < -0.3 is 4.74 Å². The Morgan fingerprint density at radius 2 is 0.231 bits per heavy atom. The minimum absolute atomic E-state index is 0.211. The van der Waals surface area contributed by atoms with Gasteiger partial charge in [0, 0.05) is 6.92 Å². The number of rotatable bonds is 37. The topological polar surface area (TPSA) is 26.3 Å². The van der Waals surface area contributed by atoms with E-state index in [9.17, 15) is 4.79 Å². The van der Waals surface area contributed by atoms with Gasteiger partial charge in [-0.2, -0.15) is 0 Å². The predicted octanol–water partition coefficient (Wildman–Crippen LogP) is 31.6. The van der Waals surface area contributed by atoms with Gasteiger partial charge in [-0.05, 0) is 6.92 Å². The first-order valence-electron chi connectivity index (χ1n) is 36.9. The molecule has 0 aliphatic carbocycles. The van der Waals surface area contributed by atoms with Crippen molar-refractivity contribution in [2.24, 2.45) is 0 Å². The highest BCUT2D eigenvalue weighted by Crippen LogP contribution is 2.01. The zero-order valence-corrected chi connectivity index (χ0v) is 62.0. The van der Waals surface area contributed by atoms with E-state index in [2.05, 4.69) is 171 Å². The zero-order valence-electron chi connectivity index (χ0n) is 62.0. The Kier molecular flexibility index (Phi) is 221. The van der Waals surface area contributed by atoms with Gasteiger partial charge in [-0.1, -0.05) is 474 Å². The highest BCUT2D eigenvalue weighted by atomic mass is 16.5. The van der Waals surface area contributed by atoms with Crippen molar-refractivity contribution < 1.29 is 9.53 Å². The van der Waals surface area contributed by atoms with Crippen molar-refractivity contribution in [3.05, 3.63) is 0 Å². The molecule has 0 atom stereocenters. The first-order chi connectivity index (χ1) is 37.7. The average molecular weight is 1120 g/mol. The first kappa shape index (κ1) is 109. The van der Waals surface area contributed by atoms with Crippen LogP contribution in [0.15, 0.2) is 0 Å². The lowest BCUT2D eigenvalue weighted by atomic mass is 10.2. The van der Waals surface area contributed by atoms with Gasteiger partial charge in [-0.3, -0.25) is 4.79 Å². The fourth-order valence-electron chi connectivity index (χ4n) is 6.20. The van der Waals surface area contributed by atoms with Crippen LogP contribution >= 0.6 is 0 Å². The van der Waals surface area contributed by atoms with Crippen LogP contribution < -0.4 is 0 Å². The predicted molar refractivity (Wildman–Crippen MR) is 380 cm³/mol. The second-order valence-electron chi connectivity index (χ2n) is 21.4. The number of carbonyl (C=O) groups is 1. The van der Waals surface area contributed by atoms with Gasteiger partial charge in [-0.15, -0.1) is 0 Å². The molecule has 0 fully saturated rings. The maximum atomic E-state index is 9.82. The minimum Gasteiger partial charge on any atom is -0.466 e. The Balaban J connectivity index is -0.0000000533. The molecule has 2 heteroatoms. The van der Waals surface area contributed by atoms with Crippen molar-refractivity contribution in [1.29, 1.82) is 0 Å². The lowest BCUT2D eigenvalue weighted by Crippen LogP contribution is -1.95. The highest BCUT2D eigenvalue weighted by Gasteiger charge is 1.83. The quantitative estimate of drug-likeness (QED) is 0.0458. The van der Waals surface area contributed by atoms with E-state index < -0.39 is 0 Å². The molecule has 0 aromatic carbocycles. The van der Waals surface area contributed by atoms with Crippen molar-refractivity contribution in [3.8, 4) is 0 Å². The summed E-state index contributed by atoms with van der Waals surface area (Å²) in [5, 5.41) is 0. The third-order valence-electron chi connectivity index (χ3n) is 11.8. The van der Waals surface area contributed by atoms with E-state index in [-0.39, 0.29) is 5.97 Å². The van der Waals surface area contributed by atoms with Gasteiger partial charge in [0.05, 0.1) is 6.61 Å². The zero-order chi connectivity index (χ0) is 62.9. The van der Waals surface area contributed by atoms with Gasteiger partial charge in [0.1, 0.15) is 0 Å². The summed E-state index contributed by atoms with van der Waals surface area (Å²) < 4.78 is 4.40. The van der Waals surface area contributed by atoms with Crippen LogP contribution in [0.2, 0.25) is 0 Å². The molecule has 0 saturated heterocycles. The SMILES string of the molecule is CCCCCC.CCCCCC.CCCCCC.CCCCCC.CCCCCC.CCCCCC.CCCCCC.CCCCCC.CCCCCC.CCCCCC.CCCCCC.CCCCCC.CCOC(C)=O. The second kappa shape index (κ2) is 158. The summed E-state index contributed by atoms with van der Waals surface area (Å²) >= 11 is 0. The third-order valence-corrected chi connectivity index (χ3v) is 11.8. The van der Waals surface area contributed by atoms with Gasteiger partial charge >= 0.3 is 5.97 Å². The highest BCUT2D eigenvalue weighted by molar-refractivity contribution is 5.65. The second-order valence-corrected chi connectivity index (χ2v) is 21.4. The van der Waals surface area contributed by atoms with Gasteiger partial charge in [0.25, 0.3) is 0 Å². The summed E-state index contributed by atoms with van der Waals surface area (Å²) in [5.74, 6) is -0.211. The van der Waals surface area contributed by atoms with Crippen LogP contribution in [0.3, 0.4) is 0 Å². The molecule has 492 valence electrons. The Labute approximate surface area is 507 Å². The summed E-state index contributed by atoms with van der Waals surface area (Å²) in [6.45, 7) is 57.2. The fourth-order valence-corrected chi connectivity index (χ4v) is 6.20. The first-order valence-corrected chi connectivity index (χ1v) is 36.9. The smallest absolute Gasteiger partial charge is 0.302 e. The summed E-state index contributed by atoms with van der Waals surface area (Å²) in [7, 11) is 0. The van der Waals surface area contributed by atoms with Crippen molar-refractivity contribution in [3.63, 3.8) is 0 Å². The number of ether oxygens (including phenoxy) is 1. The monoisotopic (exact) mass is 1120 g/mol. The van der Waals surface area contributed by atoms with Crippen LogP contribution in [0, 0.1) is 0 Å². The van der Waals surface area contributed by atoms with Crippen molar-refractivity contribution in [2.75, 3.05) is 6.61 Å². The molecule has 0 bridgehead atoms. The Hall–Kier alpha value is -0.530. The number of hydrogen-bond donors (Lipinski definition) is 0. The molecule has 2 nitrogen and oxygen atoms in total. The number of hydrogen-bond acceptors (Lipinski definition) is 2. The van der Waals surface area contributed by atoms with E-state index in [0.717, 1.165) is 0 Å². The van der Waals surface area contributed by atoms with Gasteiger partial charge in [-0.25, -0.2) is 0 Å². The Morgan fingerprint density at radius 1 is 0.167 bits per heavy atom. The van der Waals surface area contributed by atoms with E-state index in [1.165, 1.54) is 315 Å². The summed E-state index contributed by atoms with van der Waals surface area (Å²) in [4.78, 5) is 9.82. The number of esters is 1. The molecular formula is C76H176O2. The minimum atomic E-state index is -0.211. The van der Waals surface area contributed by atoms with E-state index in [1.54, 1.807) is 6.92 Å². The fraction of sp³-hybridized carbons (Fsp3) is 0.987. The maximum Gasteiger partial charge on any atom is 0.302 e. The van der Waals surface area contributed by atoms with Crippen molar-refractivity contribution >= 4 is 5.97 Å². The van der Waals surface area contributed by atoms with Crippen molar-refractivity contribution in [2.45, 2.75) is 488 Å². The van der Waals surface area contributed by atoms with Crippen molar-refractivity contribution in [1.82, 2.24) is 0 Å². The van der Waals surface area contributed by atoms with Crippen LogP contribution in [-0.2, 0) is 9.53 Å². The molecule has 78 heavy (non-hydrogen) atoms. The Bertz CT molecular complexity index is 440. The molecule has 0 spiro atoms. The molecule has 0 aromatic heterocycles. The standard InChI is InChI=1S/12C6H14.C4H8O2/c12*1-3-5-6-4-2;1-3-6-4(2)5/h12*3-6H2,1-2H3;3H2,1-2H3. The van der Waals surface area contributed by atoms with Gasteiger partial charge in [0.2, 0.25) is 0 Å². The van der Waals surface area contributed by atoms with Crippen LogP contribution in [0.1, 0.15) is 488 Å². The van der Waals surface area contributed by atoms with Gasteiger partial charge in [0.15, 0.2) is 0 Å². The molecule has 0 radical (unpaired) electrons. The van der Waals surface area contributed by atoms with E-state index >= 15 is 0 Å². The summed E-state index contributed by atoms with van der Waals surface area (Å²) in [6.07, 6.45) is 66.4. The van der Waals surface area contributed by atoms with E-state index in [1.807, 2.05) is 0 Å². The van der Waals surface area contributed by atoms with Crippen LogP contribution in [0.4, 0.5) is 0 Å². The molecule has 0 heterocycles. The molecule has 0 amide bonds. The lowest BCUT2D eigenvalue weighted by molar-refractivity contribution is -0.140. The number of unbranched alkanes of at least 4 members (excludes halogenated alkanes) is 36. The molecule has 0 aromatic rings. The van der Waals surface area contributed by atoms with Crippen LogP contribution in [0.25, 0.3) is 0 Å². The average Bonchev–Trinajstić information content (AvgIpc) is 3.46. The molecule has 0 aliphatic rings. The van der Waals surface area contributed by atoms with E-state index in [0.29, 0.717) is 6.61 Å². The lowest BCUT2D eigenvalue weighted by Gasteiger charge is -1.89. The number of carbonyl (C=O) groups excluding carboxylic acids is 1. The van der Waals surface area contributed by atoms with Crippen LogP contribution in [-0.4, -0.2) is 12.6 Å².